The SMILES string of the molecule is CCCCCC(C(=O)NCNC(=O)c1ccc(-c2ccc(C(=O)NC(CC(=O)OC(C)(C)C)C(=O)O)c(OCC)c2)o1)[C@@H](CC)N(C=O)OCc1ccc(OC)cc1. The Labute approximate surface area is 338 Å². The number of aliphatic carboxylic acids is 1. The number of carboxylic acids is 1. The minimum Gasteiger partial charge on any atom is -0.497 e. The molecule has 58 heavy (non-hydrogen) atoms. The molecule has 1 aromatic heterocycles. The zero-order valence-corrected chi connectivity index (χ0v) is 34.3. The highest BCUT2D eigenvalue weighted by Gasteiger charge is 2.32. The number of esters is 1. The Morgan fingerprint density at radius 1 is 0.931 bits per heavy atom. The van der Waals surface area contributed by atoms with Crippen molar-refractivity contribution in [2.24, 2.45) is 5.92 Å². The average Bonchev–Trinajstić information content (AvgIpc) is 3.68. The third-order valence-corrected chi connectivity index (χ3v) is 8.85. The lowest BCUT2D eigenvalue weighted by Crippen LogP contribution is -2.48. The third-order valence-electron chi connectivity index (χ3n) is 8.85. The van der Waals surface area contributed by atoms with Crippen LogP contribution in [0.1, 0.15) is 107 Å². The smallest absolute Gasteiger partial charge is 0.326 e. The lowest BCUT2D eigenvalue weighted by Gasteiger charge is -2.32. The van der Waals surface area contributed by atoms with Crippen LogP contribution in [-0.4, -0.2) is 84.3 Å². The zero-order chi connectivity index (χ0) is 42.8. The minimum absolute atomic E-state index is 0.0136. The number of ether oxygens (including phenoxy) is 3. The number of furan rings is 1. The number of carbonyl (C=O) groups is 6. The molecule has 4 amide bonds. The molecule has 2 unspecified atom stereocenters. The van der Waals surface area contributed by atoms with E-state index >= 15 is 0 Å². The molecule has 1 heterocycles. The second-order valence-corrected chi connectivity index (χ2v) is 14.4. The van der Waals surface area contributed by atoms with Gasteiger partial charge in [0.15, 0.2) is 5.76 Å². The van der Waals surface area contributed by atoms with E-state index < -0.39 is 53.8 Å². The van der Waals surface area contributed by atoms with Crippen LogP contribution in [0.3, 0.4) is 0 Å². The van der Waals surface area contributed by atoms with Gasteiger partial charge in [0.25, 0.3) is 11.8 Å². The molecular formula is C42H56N4O12. The number of hydrogen-bond donors (Lipinski definition) is 4. The van der Waals surface area contributed by atoms with Gasteiger partial charge in [-0.25, -0.2) is 9.86 Å². The van der Waals surface area contributed by atoms with Crippen LogP contribution in [-0.2, 0) is 35.4 Å². The van der Waals surface area contributed by atoms with Crippen molar-refractivity contribution >= 4 is 36.1 Å². The first-order chi connectivity index (χ1) is 27.6. The lowest BCUT2D eigenvalue weighted by atomic mass is 9.90. The maximum atomic E-state index is 13.6. The molecule has 0 saturated heterocycles. The number of carboxylic acid groups (broad SMARTS) is 1. The van der Waals surface area contributed by atoms with Gasteiger partial charge in [0.2, 0.25) is 12.3 Å². The first-order valence-electron chi connectivity index (χ1n) is 19.3. The Morgan fingerprint density at radius 2 is 1.66 bits per heavy atom. The molecule has 4 N–H and O–H groups in total. The van der Waals surface area contributed by atoms with Crippen molar-refractivity contribution in [3.63, 3.8) is 0 Å². The maximum absolute atomic E-state index is 13.6. The van der Waals surface area contributed by atoms with Crippen molar-refractivity contribution in [1.29, 1.82) is 0 Å². The van der Waals surface area contributed by atoms with Crippen molar-refractivity contribution in [1.82, 2.24) is 21.0 Å². The molecule has 0 saturated carbocycles. The number of rotatable bonds is 24. The molecule has 316 valence electrons. The number of nitrogens with one attached hydrogen (secondary N) is 3. The van der Waals surface area contributed by atoms with E-state index in [0.29, 0.717) is 30.6 Å². The van der Waals surface area contributed by atoms with Crippen LogP contribution in [0.2, 0.25) is 0 Å². The topological polar surface area (TPSA) is 212 Å². The molecule has 0 bridgehead atoms. The maximum Gasteiger partial charge on any atom is 0.326 e. The summed E-state index contributed by atoms with van der Waals surface area (Å²) in [5.74, 6) is -3.55. The molecule has 0 spiro atoms. The number of hydrogen-bond acceptors (Lipinski definition) is 11. The first kappa shape index (κ1) is 46.5. The summed E-state index contributed by atoms with van der Waals surface area (Å²) in [4.78, 5) is 82.0. The van der Waals surface area contributed by atoms with Gasteiger partial charge in [-0.05, 0) is 82.5 Å². The number of amides is 4. The van der Waals surface area contributed by atoms with E-state index in [1.54, 1.807) is 53.0 Å². The van der Waals surface area contributed by atoms with Gasteiger partial charge in [0.1, 0.15) is 35.5 Å². The zero-order valence-electron chi connectivity index (χ0n) is 34.3. The third kappa shape index (κ3) is 14.2. The van der Waals surface area contributed by atoms with Gasteiger partial charge in [0.05, 0.1) is 44.3 Å². The summed E-state index contributed by atoms with van der Waals surface area (Å²) in [5.41, 5.74) is 0.444. The van der Waals surface area contributed by atoms with Gasteiger partial charge < -0.3 is 39.7 Å². The number of hydroxylamine groups is 2. The summed E-state index contributed by atoms with van der Waals surface area (Å²) in [7, 11) is 1.57. The molecule has 16 nitrogen and oxygen atoms in total. The molecule has 0 aliphatic carbocycles. The second kappa shape index (κ2) is 22.7. The molecule has 3 atom stereocenters. The number of methoxy groups -OCH3 is 1. The van der Waals surface area contributed by atoms with Crippen molar-refractivity contribution in [2.75, 3.05) is 20.4 Å². The molecule has 3 rings (SSSR count). The molecule has 0 radical (unpaired) electrons. The van der Waals surface area contributed by atoms with E-state index in [-0.39, 0.29) is 48.6 Å². The number of nitrogens with zero attached hydrogens (tertiary/aromatic N) is 1. The molecule has 0 aliphatic rings. The van der Waals surface area contributed by atoms with Crippen LogP contribution in [0.5, 0.6) is 11.5 Å². The molecule has 0 aliphatic heterocycles. The van der Waals surface area contributed by atoms with Gasteiger partial charge in [-0.2, -0.15) is 0 Å². The summed E-state index contributed by atoms with van der Waals surface area (Å²) in [6, 6.07) is 12.6. The van der Waals surface area contributed by atoms with E-state index in [0.717, 1.165) is 24.8 Å². The molecular weight excluding hydrogens is 752 g/mol. The predicted octanol–water partition coefficient (Wildman–Crippen LogP) is 5.64. The molecule has 2 aromatic carbocycles. The monoisotopic (exact) mass is 808 g/mol. The average molecular weight is 809 g/mol. The second-order valence-electron chi connectivity index (χ2n) is 14.4. The highest BCUT2D eigenvalue weighted by molar-refractivity contribution is 6.00. The van der Waals surface area contributed by atoms with E-state index in [9.17, 15) is 33.9 Å². The van der Waals surface area contributed by atoms with E-state index in [2.05, 4.69) is 22.9 Å². The van der Waals surface area contributed by atoms with Crippen LogP contribution in [0, 0.1) is 5.92 Å². The minimum atomic E-state index is -1.55. The quantitative estimate of drug-likeness (QED) is 0.0285. The normalized spacial score (nSPS) is 12.7. The standard InChI is InChI=1S/C42H56N4O12/c1-8-11-12-13-30(33(9-2)46(26-47)56-24-27-14-17-29(54-7)18-15-27)38(49)43-25-44-40(51)35-21-20-34(57-35)28-16-19-31(36(22-28)55-10-3)39(50)45-32(41(52)53)23-37(48)58-42(4,5)6/h14-22,26,30,32-33H,8-13,23-25H2,1-7H3,(H,43,49)(H,44,51)(H,45,50)(H,52,53)/t30?,32?,33-/m1/s1. The predicted molar refractivity (Wildman–Crippen MR) is 213 cm³/mol. The highest BCUT2D eigenvalue weighted by atomic mass is 16.7. The highest BCUT2D eigenvalue weighted by Crippen LogP contribution is 2.30. The summed E-state index contributed by atoms with van der Waals surface area (Å²) in [5, 5.41) is 18.6. The summed E-state index contributed by atoms with van der Waals surface area (Å²) < 4.78 is 21.9. The number of unbranched alkanes of at least 4 members (excludes halogenated alkanes) is 2. The van der Waals surface area contributed by atoms with Crippen LogP contribution < -0.4 is 25.4 Å². The fourth-order valence-corrected chi connectivity index (χ4v) is 6.00. The van der Waals surface area contributed by atoms with E-state index in [4.69, 9.17) is 23.5 Å². The Morgan fingerprint density at radius 3 is 2.26 bits per heavy atom. The number of benzene rings is 2. The fraction of sp³-hybridized carbons (Fsp3) is 0.476. The van der Waals surface area contributed by atoms with E-state index in [1.807, 2.05) is 19.1 Å². The lowest BCUT2D eigenvalue weighted by molar-refractivity contribution is -0.200. The molecule has 16 heteroatoms. The van der Waals surface area contributed by atoms with Gasteiger partial charge in [0, 0.05) is 5.56 Å². The van der Waals surface area contributed by atoms with Gasteiger partial charge in [-0.1, -0.05) is 51.3 Å². The van der Waals surface area contributed by atoms with Gasteiger partial charge in [-0.15, -0.1) is 0 Å². The van der Waals surface area contributed by atoms with Crippen LogP contribution in [0.25, 0.3) is 11.3 Å². The Balaban J connectivity index is 1.67. The fourth-order valence-electron chi connectivity index (χ4n) is 6.00. The summed E-state index contributed by atoms with van der Waals surface area (Å²) in [6.07, 6.45) is 3.53. The van der Waals surface area contributed by atoms with Crippen LogP contribution in [0.4, 0.5) is 0 Å². The first-order valence-corrected chi connectivity index (χ1v) is 19.3. The van der Waals surface area contributed by atoms with Crippen LogP contribution >= 0.6 is 0 Å². The Kier molecular flexibility index (Phi) is 18.2. The van der Waals surface area contributed by atoms with E-state index in [1.165, 1.54) is 29.3 Å². The largest absolute Gasteiger partial charge is 0.497 e. The van der Waals surface area contributed by atoms with Crippen molar-refractivity contribution in [3.8, 4) is 22.8 Å². The van der Waals surface area contributed by atoms with Crippen molar-refractivity contribution in [3.05, 3.63) is 71.5 Å². The van der Waals surface area contributed by atoms with Crippen LogP contribution in [0.15, 0.2) is 59.0 Å². The van der Waals surface area contributed by atoms with Crippen molar-refractivity contribution in [2.45, 2.75) is 104 Å². The summed E-state index contributed by atoms with van der Waals surface area (Å²) >= 11 is 0. The van der Waals surface area contributed by atoms with Gasteiger partial charge in [-0.3, -0.25) is 28.8 Å². The van der Waals surface area contributed by atoms with Gasteiger partial charge >= 0.3 is 11.9 Å². The molecule has 3 aromatic rings. The Hall–Kier alpha value is -5.90. The number of carbonyl (C=O) groups excluding carboxylic acids is 5. The van der Waals surface area contributed by atoms with Crippen molar-refractivity contribution < 1.29 is 57.3 Å². The molecule has 0 fully saturated rings. The Bertz CT molecular complexity index is 1840. The summed E-state index contributed by atoms with van der Waals surface area (Å²) in [6.45, 7) is 10.6.